The first-order chi connectivity index (χ1) is 9.97. The van der Waals surface area contributed by atoms with Gasteiger partial charge in [-0.05, 0) is 38.8 Å². The minimum atomic E-state index is -3.06. The monoisotopic (exact) mass is 350 g/mol. The fraction of sp³-hybridized carbons (Fsp3) is 0.600. The van der Waals surface area contributed by atoms with E-state index >= 15 is 0 Å². The van der Waals surface area contributed by atoms with Gasteiger partial charge in [-0.1, -0.05) is 24.3 Å². The summed E-state index contributed by atoms with van der Waals surface area (Å²) in [6.45, 7) is 9.14. The summed E-state index contributed by atoms with van der Waals surface area (Å²) in [5.74, 6) is 0.476. The van der Waals surface area contributed by atoms with Gasteiger partial charge in [0.25, 0.3) is 0 Å². The maximum absolute atomic E-state index is 6.87. The van der Waals surface area contributed by atoms with E-state index in [0.29, 0.717) is 25.7 Å². The molecule has 0 aliphatic heterocycles. The van der Waals surface area contributed by atoms with E-state index in [0.717, 1.165) is 11.1 Å². The summed E-state index contributed by atoms with van der Waals surface area (Å²) < 4.78 is 16.9. The molecule has 1 aromatic rings. The summed E-state index contributed by atoms with van der Waals surface area (Å²) >= 11 is 12.7. The summed E-state index contributed by atoms with van der Waals surface area (Å²) in [4.78, 5) is 0. The number of alkyl halides is 2. The summed E-state index contributed by atoms with van der Waals surface area (Å²) in [5, 5.41) is 0. The van der Waals surface area contributed by atoms with Crippen molar-refractivity contribution in [2.75, 3.05) is 19.8 Å². The molecule has 0 heterocycles. The number of halogens is 2. The second-order valence-electron chi connectivity index (χ2n) is 4.69. The van der Waals surface area contributed by atoms with Crippen LogP contribution in [-0.4, -0.2) is 28.6 Å². The quantitative estimate of drug-likeness (QED) is 0.485. The van der Waals surface area contributed by atoms with E-state index in [1.807, 2.05) is 52.0 Å². The van der Waals surface area contributed by atoms with Crippen LogP contribution in [0.3, 0.4) is 0 Å². The Kier molecular flexibility index (Phi) is 7.68. The Hall–Kier alpha value is -0.103. The van der Waals surface area contributed by atoms with E-state index in [1.54, 1.807) is 0 Å². The highest BCUT2D eigenvalue weighted by atomic mass is 35.5. The van der Waals surface area contributed by atoms with E-state index < -0.39 is 13.3 Å². The fourth-order valence-electron chi connectivity index (χ4n) is 2.19. The third-order valence-corrected chi connectivity index (χ3v) is 7.89. The molecule has 0 N–H and O–H groups in total. The zero-order valence-electron chi connectivity index (χ0n) is 13.1. The van der Waals surface area contributed by atoms with Gasteiger partial charge in [-0.3, -0.25) is 0 Å². The SMILES string of the molecule is CCO[Si](OCC)(OCC)C(C)(Cl)c1ccc(CCl)cc1. The van der Waals surface area contributed by atoms with E-state index in [2.05, 4.69) is 0 Å². The van der Waals surface area contributed by atoms with Crippen LogP contribution in [0, 0.1) is 0 Å². The van der Waals surface area contributed by atoms with Crippen molar-refractivity contribution in [3.8, 4) is 0 Å². The minimum Gasteiger partial charge on any atom is -0.373 e. The van der Waals surface area contributed by atoms with Gasteiger partial charge in [0.05, 0.1) is 0 Å². The van der Waals surface area contributed by atoms with Gasteiger partial charge >= 0.3 is 8.80 Å². The van der Waals surface area contributed by atoms with E-state index in [4.69, 9.17) is 36.5 Å². The van der Waals surface area contributed by atoms with Crippen molar-refractivity contribution in [2.24, 2.45) is 0 Å². The number of rotatable bonds is 9. The zero-order chi connectivity index (χ0) is 15.9. The van der Waals surface area contributed by atoms with Crippen molar-refractivity contribution >= 4 is 32.0 Å². The molecule has 0 fully saturated rings. The standard InChI is InChI=1S/C15H24Cl2O3Si/c1-5-18-21(19-6-2,20-7-3)15(4,17)14-10-8-13(12-16)9-11-14/h8-11H,5-7,12H2,1-4H3. The normalized spacial score (nSPS) is 15.0. The van der Waals surface area contributed by atoms with Gasteiger partial charge < -0.3 is 13.3 Å². The highest BCUT2D eigenvalue weighted by Crippen LogP contribution is 2.40. The average Bonchev–Trinajstić information content (AvgIpc) is 2.48. The summed E-state index contributed by atoms with van der Waals surface area (Å²) in [7, 11) is -3.06. The Morgan fingerprint density at radius 3 is 1.71 bits per heavy atom. The lowest BCUT2D eigenvalue weighted by Gasteiger charge is -2.39. The highest BCUT2D eigenvalue weighted by Gasteiger charge is 2.58. The molecule has 0 saturated heterocycles. The molecule has 0 spiro atoms. The lowest BCUT2D eigenvalue weighted by Crippen LogP contribution is -2.59. The summed E-state index contributed by atoms with van der Waals surface area (Å²) in [6, 6.07) is 7.85. The molecule has 1 aromatic carbocycles. The number of hydrogen-bond acceptors (Lipinski definition) is 3. The fourth-order valence-corrected chi connectivity index (χ4v) is 5.70. The second kappa shape index (κ2) is 8.51. The van der Waals surface area contributed by atoms with E-state index in [1.165, 1.54) is 0 Å². The van der Waals surface area contributed by atoms with Gasteiger partial charge in [0.15, 0.2) is 0 Å². The third kappa shape index (κ3) is 4.21. The van der Waals surface area contributed by atoms with Gasteiger partial charge in [0.2, 0.25) is 0 Å². The molecule has 1 rings (SSSR count). The van der Waals surface area contributed by atoms with Crippen LogP contribution in [0.15, 0.2) is 24.3 Å². The minimum absolute atomic E-state index is 0.476. The van der Waals surface area contributed by atoms with Crippen molar-refractivity contribution in [3.05, 3.63) is 35.4 Å². The van der Waals surface area contributed by atoms with Gasteiger partial charge in [-0.15, -0.1) is 23.2 Å². The average molecular weight is 351 g/mol. The van der Waals surface area contributed by atoms with Crippen LogP contribution in [0.2, 0.25) is 0 Å². The Morgan fingerprint density at radius 2 is 1.38 bits per heavy atom. The first-order valence-electron chi connectivity index (χ1n) is 7.23. The van der Waals surface area contributed by atoms with Crippen LogP contribution in [0.1, 0.15) is 38.8 Å². The van der Waals surface area contributed by atoms with Crippen LogP contribution in [0.5, 0.6) is 0 Å². The van der Waals surface area contributed by atoms with Crippen LogP contribution < -0.4 is 0 Å². The van der Waals surface area contributed by atoms with Crippen molar-refractivity contribution < 1.29 is 13.3 Å². The Balaban J connectivity index is 3.22. The zero-order valence-corrected chi connectivity index (χ0v) is 15.6. The third-order valence-electron chi connectivity index (χ3n) is 3.23. The summed E-state index contributed by atoms with van der Waals surface area (Å²) in [6.07, 6.45) is 0. The molecular weight excluding hydrogens is 327 g/mol. The van der Waals surface area contributed by atoms with Crippen LogP contribution in [-0.2, 0) is 23.7 Å². The first-order valence-corrected chi connectivity index (χ1v) is 9.87. The van der Waals surface area contributed by atoms with Gasteiger partial charge in [0.1, 0.15) is 4.50 Å². The molecule has 3 nitrogen and oxygen atoms in total. The maximum atomic E-state index is 6.87. The Labute approximate surface area is 138 Å². The van der Waals surface area contributed by atoms with Gasteiger partial charge in [-0.2, -0.15) is 0 Å². The van der Waals surface area contributed by atoms with Crippen LogP contribution >= 0.6 is 23.2 Å². The lowest BCUT2D eigenvalue weighted by atomic mass is 10.1. The molecule has 1 atom stereocenters. The number of benzene rings is 1. The smallest absolute Gasteiger partial charge is 0.373 e. The van der Waals surface area contributed by atoms with Crippen LogP contribution in [0.4, 0.5) is 0 Å². The molecule has 0 amide bonds. The van der Waals surface area contributed by atoms with Crippen molar-refractivity contribution in [2.45, 2.75) is 38.1 Å². The molecule has 1 unspecified atom stereocenters. The highest BCUT2D eigenvalue weighted by molar-refractivity contribution is 6.73. The Bertz CT molecular complexity index is 406. The molecule has 21 heavy (non-hydrogen) atoms. The van der Waals surface area contributed by atoms with E-state index in [-0.39, 0.29) is 0 Å². The molecule has 6 heteroatoms. The molecule has 0 bridgehead atoms. The van der Waals surface area contributed by atoms with Crippen LogP contribution in [0.25, 0.3) is 0 Å². The molecular formula is C15H24Cl2O3Si. The molecule has 120 valence electrons. The maximum Gasteiger partial charge on any atom is 0.527 e. The van der Waals surface area contributed by atoms with Gasteiger partial charge in [-0.25, -0.2) is 0 Å². The van der Waals surface area contributed by atoms with E-state index in [9.17, 15) is 0 Å². The number of hydrogen-bond donors (Lipinski definition) is 0. The topological polar surface area (TPSA) is 27.7 Å². The van der Waals surface area contributed by atoms with Crippen molar-refractivity contribution in [3.63, 3.8) is 0 Å². The molecule has 0 saturated carbocycles. The predicted octanol–water partition coefficient (Wildman–Crippen LogP) is 4.47. The second-order valence-corrected chi connectivity index (χ2v) is 9.01. The molecule has 0 radical (unpaired) electrons. The first kappa shape index (κ1) is 18.9. The summed E-state index contributed by atoms with van der Waals surface area (Å²) in [5.41, 5.74) is 1.96. The Morgan fingerprint density at radius 1 is 0.952 bits per heavy atom. The molecule has 0 aromatic heterocycles. The predicted molar refractivity (Wildman–Crippen MR) is 89.8 cm³/mol. The largest absolute Gasteiger partial charge is 0.527 e. The van der Waals surface area contributed by atoms with Crippen molar-refractivity contribution in [1.29, 1.82) is 0 Å². The van der Waals surface area contributed by atoms with Crippen molar-refractivity contribution in [1.82, 2.24) is 0 Å². The molecule has 0 aliphatic carbocycles. The lowest BCUT2D eigenvalue weighted by molar-refractivity contribution is 0.0581. The molecule has 0 aliphatic rings. The van der Waals surface area contributed by atoms with Gasteiger partial charge in [0, 0.05) is 25.7 Å².